The van der Waals surface area contributed by atoms with Crippen molar-refractivity contribution >= 4 is 17.6 Å². The third-order valence-corrected chi connectivity index (χ3v) is 2.90. The maximum absolute atomic E-state index is 12.1. The normalized spacial score (nSPS) is 10.4. The second-order valence-corrected chi connectivity index (χ2v) is 5.19. The van der Waals surface area contributed by atoms with E-state index in [1.54, 1.807) is 18.2 Å². The highest BCUT2D eigenvalue weighted by Gasteiger charge is 2.12. The Balaban J connectivity index is 2.10. The summed E-state index contributed by atoms with van der Waals surface area (Å²) in [5.41, 5.74) is 1.30. The van der Waals surface area contributed by atoms with Crippen LogP contribution in [-0.2, 0) is 0 Å². The molecule has 0 unspecified atom stereocenters. The third kappa shape index (κ3) is 4.26. The Labute approximate surface area is 133 Å². The van der Waals surface area contributed by atoms with Crippen LogP contribution >= 0.6 is 0 Å². The standard InChI is InChI=1S/C16H17N3O4/c1-9(2)23-14-5-4-11(6-10(14)3)19-15(20)12-7-18-13(8-17-12)16(21)22/h4-9H,1-3H3,(H,19,20)(H,21,22). The lowest BCUT2D eigenvalue weighted by Crippen LogP contribution is -2.15. The van der Waals surface area contributed by atoms with Crippen LogP contribution in [0.3, 0.4) is 0 Å². The fourth-order valence-electron chi connectivity index (χ4n) is 1.86. The molecule has 0 fully saturated rings. The molecule has 23 heavy (non-hydrogen) atoms. The Hall–Kier alpha value is -2.96. The van der Waals surface area contributed by atoms with Crippen LogP contribution in [0, 0.1) is 6.92 Å². The Morgan fingerprint density at radius 1 is 1.17 bits per heavy atom. The first-order valence-corrected chi connectivity index (χ1v) is 7.01. The monoisotopic (exact) mass is 315 g/mol. The number of carbonyl (C=O) groups is 2. The van der Waals surface area contributed by atoms with Crippen LogP contribution in [0.25, 0.3) is 0 Å². The van der Waals surface area contributed by atoms with Crippen molar-refractivity contribution in [2.24, 2.45) is 0 Å². The molecule has 2 aromatic rings. The van der Waals surface area contributed by atoms with Crippen LogP contribution in [0.1, 0.15) is 40.4 Å². The van der Waals surface area contributed by atoms with Crippen molar-refractivity contribution in [1.29, 1.82) is 0 Å². The number of nitrogens with zero attached hydrogens (tertiary/aromatic N) is 2. The number of rotatable bonds is 5. The van der Waals surface area contributed by atoms with Gasteiger partial charge in [0, 0.05) is 5.69 Å². The largest absolute Gasteiger partial charge is 0.491 e. The quantitative estimate of drug-likeness (QED) is 0.879. The number of hydrogen-bond donors (Lipinski definition) is 2. The number of anilines is 1. The molecule has 0 spiro atoms. The first-order chi connectivity index (χ1) is 10.9. The summed E-state index contributed by atoms with van der Waals surface area (Å²) in [6.07, 6.45) is 2.24. The minimum Gasteiger partial charge on any atom is -0.491 e. The maximum atomic E-state index is 12.1. The minimum absolute atomic E-state index is 0.0372. The highest BCUT2D eigenvalue weighted by atomic mass is 16.5. The zero-order valence-electron chi connectivity index (χ0n) is 13.0. The summed E-state index contributed by atoms with van der Waals surface area (Å²) in [6.45, 7) is 5.76. The van der Waals surface area contributed by atoms with Gasteiger partial charge in [-0.1, -0.05) is 0 Å². The van der Waals surface area contributed by atoms with Gasteiger partial charge in [-0.3, -0.25) is 4.79 Å². The van der Waals surface area contributed by atoms with E-state index in [0.29, 0.717) is 5.69 Å². The lowest BCUT2D eigenvalue weighted by atomic mass is 10.2. The molecule has 2 rings (SSSR count). The summed E-state index contributed by atoms with van der Waals surface area (Å²) < 4.78 is 5.63. The van der Waals surface area contributed by atoms with E-state index in [2.05, 4.69) is 15.3 Å². The molecule has 7 heteroatoms. The molecule has 0 atom stereocenters. The molecule has 0 radical (unpaired) electrons. The van der Waals surface area contributed by atoms with Gasteiger partial charge in [0.1, 0.15) is 11.4 Å². The number of aromatic carboxylic acids is 1. The van der Waals surface area contributed by atoms with Gasteiger partial charge in [0.25, 0.3) is 5.91 Å². The van der Waals surface area contributed by atoms with E-state index in [0.717, 1.165) is 23.7 Å². The number of nitrogens with one attached hydrogen (secondary N) is 1. The molecule has 0 aliphatic carbocycles. The number of carbonyl (C=O) groups excluding carboxylic acids is 1. The summed E-state index contributed by atoms with van der Waals surface area (Å²) in [5.74, 6) is -0.907. The van der Waals surface area contributed by atoms with Crippen molar-refractivity contribution in [3.63, 3.8) is 0 Å². The smallest absolute Gasteiger partial charge is 0.356 e. The third-order valence-electron chi connectivity index (χ3n) is 2.90. The molecule has 1 amide bonds. The van der Waals surface area contributed by atoms with E-state index in [-0.39, 0.29) is 17.5 Å². The van der Waals surface area contributed by atoms with Crippen LogP contribution < -0.4 is 10.1 Å². The molecule has 0 aliphatic heterocycles. The average Bonchev–Trinajstić information content (AvgIpc) is 2.49. The van der Waals surface area contributed by atoms with Gasteiger partial charge in [-0.15, -0.1) is 0 Å². The van der Waals surface area contributed by atoms with Gasteiger partial charge in [-0.2, -0.15) is 0 Å². The topological polar surface area (TPSA) is 101 Å². The zero-order valence-corrected chi connectivity index (χ0v) is 13.0. The fourth-order valence-corrected chi connectivity index (χ4v) is 1.86. The van der Waals surface area contributed by atoms with Crippen LogP contribution in [0.5, 0.6) is 5.75 Å². The second kappa shape index (κ2) is 6.87. The Kier molecular flexibility index (Phi) is 4.90. The number of carboxylic acids is 1. The number of carboxylic acid groups (broad SMARTS) is 1. The first-order valence-electron chi connectivity index (χ1n) is 7.01. The van der Waals surface area contributed by atoms with Crippen LogP contribution in [-0.4, -0.2) is 33.1 Å². The van der Waals surface area contributed by atoms with Gasteiger partial charge >= 0.3 is 5.97 Å². The molecule has 1 aromatic heterocycles. The molecule has 120 valence electrons. The summed E-state index contributed by atoms with van der Waals surface area (Å²) in [7, 11) is 0. The minimum atomic E-state index is -1.19. The van der Waals surface area contributed by atoms with E-state index < -0.39 is 11.9 Å². The molecule has 1 aromatic carbocycles. The summed E-state index contributed by atoms with van der Waals surface area (Å²) >= 11 is 0. The van der Waals surface area contributed by atoms with E-state index in [9.17, 15) is 9.59 Å². The summed E-state index contributed by atoms with van der Waals surface area (Å²) in [6, 6.07) is 5.29. The van der Waals surface area contributed by atoms with Crippen molar-refractivity contribution < 1.29 is 19.4 Å². The van der Waals surface area contributed by atoms with Crippen molar-refractivity contribution in [3.8, 4) is 5.75 Å². The van der Waals surface area contributed by atoms with Crippen molar-refractivity contribution in [1.82, 2.24) is 9.97 Å². The molecular formula is C16H17N3O4. The number of aromatic nitrogens is 2. The van der Waals surface area contributed by atoms with Crippen molar-refractivity contribution in [3.05, 3.63) is 47.5 Å². The van der Waals surface area contributed by atoms with E-state index >= 15 is 0 Å². The van der Waals surface area contributed by atoms with Gasteiger partial charge in [0.05, 0.1) is 18.5 Å². The highest BCUT2D eigenvalue weighted by Crippen LogP contribution is 2.23. The predicted molar refractivity (Wildman–Crippen MR) is 83.9 cm³/mol. The molecule has 0 aliphatic rings. The van der Waals surface area contributed by atoms with E-state index in [4.69, 9.17) is 9.84 Å². The molecule has 0 saturated heterocycles. The van der Waals surface area contributed by atoms with Crippen molar-refractivity contribution in [2.75, 3.05) is 5.32 Å². The van der Waals surface area contributed by atoms with Crippen molar-refractivity contribution in [2.45, 2.75) is 26.9 Å². The summed E-state index contributed by atoms with van der Waals surface area (Å²) in [5, 5.41) is 11.4. The molecule has 2 N–H and O–H groups in total. The average molecular weight is 315 g/mol. The van der Waals surface area contributed by atoms with Crippen LogP contribution in [0.4, 0.5) is 5.69 Å². The highest BCUT2D eigenvalue weighted by molar-refractivity contribution is 6.02. The Morgan fingerprint density at radius 3 is 2.35 bits per heavy atom. The number of benzene rings is 1. The second-order valence-electron chi connectivity index (χ2n) is 5.19. The van der Waals surface area contributed by atoms with Gasteiger partial charge in [-0.25, -0.2) is 14.8 Å². The van der Waals surface area contributed by atoms with E-state index in [1.807, 2.05) is 20.8 Å². The van der Waals surface area contributed by atoms with Gasteiger partial charge < -0.3 is 15.2 Å². The lowest BCUT2D eigenvalue weighted by Gasteiger charge is -2.13. The van der Waals surface area contributed by atoms with Gasteiger partial charge in [0.2, 0.25) is 0 Å². The fraction of sp³-hybridized carbons (Fsp3) is 0.250. The summed E-state index contributed by atoms with van der Waals surface area (Å²) in [4.78, 5) is 30.2. The number of amides is 1. The lowest BCUT2D eigenvalue weighted by molar-refractivity contribution is 0.0689. The molecule has 7 nitrogen and oxygen atoms in total. The SMILES string of the molecule is Cc1cc(NC(=O)c2cnc(C(=O)O)cn2)ccc1OC(C)C. The molecular weight excluding hydrogens is 298 g/mol. The maximum Gasteiger partial charge on any atom is 0.356 e. The van der Waals surface area contributed by atoms with Crippen LogP contribution in [0.2, 0.25) is 0 Å². The number of hydrogen-bond acceptors (Lipinski definition) is 5. The molecule has 1 heterocycles. The molecule has 0 saturated carbocycles. The van der Waals surface area contributed by atoms with E-state index in [1.165, 1.54) is 0 Å². The zero-order chi connectivity index (χ0) is 17.0. The van der Waals surface area contributed by atoms with Gasteiger partial charge in [0.15, 0.2) is 5.69 Å². The number of ether oxygens (including phenoxy) is 1. The Morgan fingerprint density at radius 2 is 1.83 bits per heavy atom. The Bertz CT molecular complexity index is 727. The van der Waals surface area contributed by atoms with Gasteiger partial charge in [-0.05, 0) is 44.5 Å². The van der Waals surface area contributed by atoms with Crippen LogP contribution in [0.15, 0.2) is 30.6 Å². The predicted octanol–water partition coefficient (Wildman–Crippen LogP) is 2.52. The molecule has 0 bridgehead atoms. The number of aryl methyl sites for hydroxylation is 1. The first kappa shape index (κ1) is 16.4.